The van der Waals surface area contributed by atoms with Crippen molar-refractivity contribution >= 4 is 18.0 Å². The molecule has 0 spiro atoms. The molecule has 1 aromatic heterocycles. The average Bonchev–Trinajstić information content (AvgIpc) is 2.73. The Balaban J connectivity index is 2.35. The van der Waals surface area contributed by atoms with Crippen LogP contribution in [0.2, 0.25) is 0 Å². The van der Waals surface area contributed by atoms with Crippen LogP contribution in [0.4, 0.5) is 0 Å². The Bertz CT molecular complexity index is 742. The highest BCUT2D eigenvalue weighted by atomic mass is 16.2. The van der Waals surface area contributed by atoms with E-state index in [4.69, 9.17) is 5.73 Å². The third-order valence-electron chi connectivity index (χ3n) is 3.31. The van der Waals surface area contributed by atoms with Gasteiger partial charge in [0, 0.05) is 35.1 Å². The first kappa shape index (κ1) is 15.5. The second kappa shape index (κ2) is 6.26. The summed E-state index contributed by atoms with van der Waals surface area (Å²) in [7, 11) is 0. The molecule has 6 heteroatoms. The Morgan fingerprint density at radius 2 is 1.86 bits per heavy atom. The Morgan fingerprint density at radius 1 is 1.23 bits per heavy atom. The van der Waals surface area contributed by atoms with Gasteiger partial charge in [0.15, 0.2) is 0 Å². The SMILES string of the molecule is CC(=O)N/N=C\c1cc(C)n(-c2ccc(C(N)=O)cc2)c1C. The Labute approximate surface area is 128 Å². The molecule has 0 atom stereocenters. The zero-order valence-corrected chi connectivity index (χ0v) is 12.8. The summed E-state index contributed by atoms with van der Waals surface area (Å²) in [6.45, 7) is 5.34. The minimum absolute atomic E-state index is 0.216. The van der Waals surface area contributed by atoms with Gasteiger partial charge in [-0.3, -0.25) is 9.59 Å². The van der Waals surface area contributed by atoms with Crippen LogP contribution in [0.3, 0.4) is 0 Å². The van der Waals surface area contributed by atoms with Crippen molar-refractivity contribution in [3.63, 3.8) is 0 Å². The van der Waals surface area contributed by atoms with E-state index in [0.29, 0.717) is 5.56 Å². The van der Waals surface area contributed by atoms with E-state index in [1.54, 1.807) is 18.3 Å². The first-order valence-corrected chi connectivity index (χ1v) is 6.79. The molecule has 2 amide bonds. The van der Waals surface area contributed by atoms with E-state index in [1.165, 1.54) is 6.92 Å². The molecule has 0 aliphatic carbocycles. The molecule has 0 saturated heterocycles. The van der Waals surface area contributed by atoms with Crippen molar-refractivity contribution in [3.05, 3.63) is 52.8 Å². The molecular formula is C16H18N4O2. The number of benzene rings is 1. The smallest absolute Gasteiger partial charge is 0.248 e. The van der Waals surface area contributed by atoms with Crippen LogP contribution >= 0.6 is 0 Å². The maximum absolute atomic E-state index is 11.1. The lowest BCUT2D eigenvalue weighted by Gasteiger charge is -2.10. The van der Waals surface area contributed by atoms with Crippen LogP contribution in [0, 0.1) is 13.8 Å². The fourth-order valence-corrected chi connectivity index (χ4v) is 2.28. The van der Waals surface area contributed by atoms with E-state index in [-0.39, 0.29) is 5.91 Å². The van der Waals surface area contributed by atoms with E-state index in [2.05, 4.69) is 10.5 Å². The fourth-order valence-electron chi connectivity index (χ4n) is 2.28. The molecule has 0 aliphatic rings. The predicted molar refractivity (Wildman–Crippen MR) is 85.2 cm³/mol. The summed E-state index contributed by atoms with van der Waals surface area (Å²) < 4.78 is 2.04. The number of hydrogen-bond donors (Lipinski definition) is 2. The number of primary amides is 1. The number of amides is 2. The number of hydrazone groups is 1. The molecule has 22 heavy (non-hydrogen) atoms. The number of carbonyl (C=O) groups is 2. The molecule has 6 nitrogen and oxygen atoms in total. The van der Waals surface area contributed by atoms with Gasteiger partial charge in [-0.1, -0.05) is 0 Å². The fraction of sp³-hybridized carbons (Fsp3) is 0.188. The van der Waals surface area contributed by atoms with Gasteiger partial charge in [-0.2, -0.15) is 5.10 Å². The molecule has 2 aromatic rings. The maximum Gasteiger partial charge on any atom is 0.248 e. The molecule has 2 rings (SSSR count). The third kappa shape index (κ3) is 3.22. The number of aromatic nitrogens is 1. The van der Waals surface area contributed by atoms with Crippen LogP contribution in [-0.4, -0.2) is 22.6 Å². The molecule has 0 fully saturated rings. The molecule has 3 N–H and O–H groups in total. The van der Waals surface area contributed by atoms with Crippen molar-refractivity contribution in [2.75, 3.05) is 0 Å². The van der Waals surface area contributed by atoms with E-state index in [1.807, 2.05) is 36.6 Å². The van der Waals surface area contributed by atoms with Crippen LogP contribution in [-0.2, 0) is 4.79 Å². The first-order valence-electron chi connectivity index (χ1n) is 6.79. The molecule has 0 bridgehead atoms. The molecular weight excluding hydrogens is 280 g/mol. The van der Waals surface area contributed by atoms with Crippen molar-refractivity contribution in [2.45, 2.75) is 20.8 Å². The van der Waals surface area contributed by atoms with Gasteiger partial charge < -0.3 is 10.3 Å². The number of hydrogen-bond acceptors (Lipinski definition) is 3. The van der Waals surface area contributed by atoms with Crippen LogP contribution < -0.4 is 11.2 Å². The average molecular weight is 298 g/mol. The maximum atomic E-state index is 11.1. The molecule has 0 saturated carbocycles. The summed E-state index contributed by atoms with van der Waals surface area (Å²) in [4.78, 5) is 22.0. The predicted octanol–water partition coefficient (Wildman–Crippen LogP) is 1.66. The monoisotopic (exact) mass is 298 g/mol. The third-order valence-corrected chi connectivity index (χ3v) is 3.31. The topological polar surface area (TPSA) is 89.5 Å². The van der Waals surface area contributed by atoms with Crippen LogP contribution in [0.25, 0.3) is 5.69 Å². The van der Waals surface area contributed by atoms with Crippen molar-refractivity contribution in [1.82, 2.24) is 9.99 Å². The molecule has 0 radical (unpaired) electrons. The molecule has 1 aromatic carbocycles. The molecule has 0 unspecified atom stereocenters. The van der Waals surface area contributed by atoms with Gasteiger partial charge in [0.1, 0.15) is 0 Å². The van der Waals surface area contributed by atoms with Crippen LogP contribution in [0.5, 0.6) is 0 Å². The van der Waals surface area contributed by atoms with E-state index in [0.717, 1.165) is 22.6 Å². The lowest BCUT2D eigenvalue weighted by molar-refractivity contribution is -0.118. The summed E-state index contributed by atoms with van der Waals surface area (Å²) in [5, 5.41) is 3.89. The standard InChI is InChI=1S/C16H18N4O2/c1-10-8-14(9-18-19-12(3)21)11(2)20(10)15-6-4-13(5-7-15)16(17)22/h4-9H,1-3H3,(H2,17,22)(H,19,21)/b18-9-. The number of rotatable bonds is 4. The summed E-state index contributed by atoms with van der Waals surface area (Å²) in [5.74, 6) is -0.664. The zero-order chi connectivity index (χ0) is 16.3. The quantitative estimate of drug-likeness (QED) is 0.664. The van der Waals surface area contributed by atoms with Gasteiger partial charge in [-0.15, -0.1) is 0 Å². The second-order valence-electron chi connectivity index (χ2n) is 5.00. The Kier molecular flexibility index (Phi) is 4.41. The highest BCUT2D eigenvalue weighted by Crippen LogP contribution is 2.20. The Morgan fingerprint density at radius 3 is 2.41 bits per heavy atom. The van der Waals surface area contributed by atoms with E-state index in [9.17, 15) is 9.59 Å². The van der Waals surface area contributed by atoms with Crippen molar-refractivity contribution < 1.29 is 9.59 Å². The van der Waals surface area contributed by atoms with Crippen molar-refractivity contribution in [3.8, 4) is 5.69 Å². The summed E-state index contributed by atoms with van der Waals surface area (Å²) in [6.07, 6.45) is 1.61. The highest BCUT2D eigenvalue weighted by molar-refractivity contribution is 5.93. The molecule has 114 valence electrons. The minimum Gasteiger partial charge on any atom is -0.366 e. The van der Waals surface area contributed by atoms with Gasteiger partial charge >= 0.3 is 0 Å². The largest absolute Gasteiger partial charge is 0.366 e. The second-order valence-corrected chi connectivity index (χ2v) is 5.00. The lowest BCUT2D eigenvalue weighted by Crippen LogP contribution is -2.12. The molecule has 0 aliphatic heterocycles. The number of nitrogens with one attached hydrogen (secondary N) is 1. The zero-order valence-electron chi connectivity index (χ0n) is 12.8. The van der Waals surface area contributed by atoms with Gasteiger partial charge in [-0.05, 0) is 44.2 Å². The van der Waals surface area contributed by atoms with Crippen LogP contribution in [0.1, 0.15) is 34.2 Å². The number of aryl methyl sites for hydroxylation is 1. The normalized spacial score (nSPS) is 10.9. The number of nitrogens with zero attached hydrogens (tertiary/aromatic N) is 2. The van der Waals surface area contributed by atoms with Crippen LogP contribution in [0.15, 0.2) is 35.4 Å². The van der Waals surface area contributed by atoms with Gasteiger partial charge in [0.2, 0.25) is 11.8 Å². The number of nitrogens with two attached hydrogens (primary N) is 1. The van der Waals surface area contributed by atoms with Crippen molar-refractivity contribution in [1.29, 1.82) is 0 Å². The Hall–Kier alpha value is -2.89. The summed E-state index contributed by atoms with van der Waals surface area (Å²) in [5.41, 5.74) is 11.9. The van der Waals surface area contributed by atoms with E-state index >= 15 is 0 Å². The minimum atomic E-state index is -0.448. The van der Waals surface area contributed by atoms with Gasteiger partial charge in [0.05, 0.1) is 6.21 Å². The van der Waals surface area contributed by atoms with E-state index < -0.39 is 5.91 Å². The number of carbonyl (C=O) groups excluding carboxylic acids is 2. The first-order chi connectivity index (χ1) is 10.4. The highest BCUT2D eigenvalue weighted by Gasteiger charge is 2.10. The molecule has 1 heterocycles. The lowest BCUT2D eigenvalue weighted by atomic mass is 10.2. The van der Waals surface area contributed by atoms with Crippen molar-refractivity contribution in [2.24, 2.45) is 10.8 Å². The van der Waals surface area contributed by atoms with Gasteiger partial charge in [0.25, 0.3) is 0 Å². The summed E-state index contributed by atoms with van der Waals surface area (Å²) >= 11 is 0. The van der Waals surface area contributed by atoms with Gasteiger partial charge in [-0.25, -0.2) is 5.43 Å². The summed E-state index contributed by atoms with van der Waals surface area (Å²) in [6, 6.07) is 9.05.